The Balaban J connectivity index is 2.43. The van der Waals surface area contributed by atoms with Crippen molar-refractivity contribution in [2.75, 3.05) is 12.8 Å². The highest BCUT2D eigenvalue weighted by atomic mass is 32.2. The zero-order valence-corrected chi connectivity index (χ0v) is 12.5. The van der Waals surface area contributed by atoms with E-state index in [9.17, 15) is 9.90 Å². The minimum atomic E-state index is -0.811. The Kier molecular flexibility index (Phi) is 6.24. The summed E-state index contributed by atoms with van der Waals surface area (Å²) in [6, 6.07) is 1.86. The zero-order valence-electron chi connectivity index (χ0n) is 11.6. The fourth-order valence-corrected chi connectivity index (χ4v) is 2.69. The van der Waals surface area contributed by atoms with Crippen LogP contribution in [0.15, 0.2) is 17.4 Å². The number of carboxylic acid groups (broad SMARTS) is 1. The minimum Gasteiger partial charge on any atom is -0.480 e. The van der Waals surface area contributed by atoms with Gasteiger partial charge in [-0.05, 0) is 39.3 Å². The number of aryl methyl sites for hydroxylation is 1. The Morgan fingerprint density at radius 2 is 2.32 bits per heavy atom. The molecule has 1 rings (SSSR count). The van der Waals surface area contributed by atoms with Gasteiger partial charge >= 0.3 is 5.97 Å². The standard InChI is InChI=1S/C13H21N3O2S/c1-4-13(14-3,11(17)18)7-5-9-19-12-15-8-6-10(2)16-12/h6,8,14H,4-5,7,9H2,1-3H3,(H,17,18). The monoisotopic (exact) mass is 283 g/mol. The Bertz CT molecular complexity index is 422. The number of nitrogens with zero attached hydrogens (tertiary/aromatic N) is 2. The van der Waals surface area contributed by atoms with Crippen molar-refractivity contribution in [2.45, 2.75) is 43.8 Å². The lowest BCUT2D eigenvalue weighted by Gasteiger charge is -2.27. The highest BCUT2D eigenvalue weighted by molar-refractivity contribution is 7.99. The molecule has 0 aliphatic carbocycles. The van der Waals surface area contributed by atoms with E-state index < -0.39 is 11.5 Å². The van der Waals surface area contributed by atoms with E-state index in [4.69, 9.17) is 0 Å². The van der Waals surface area contributed by atoms with Crippen LogP contribution in [0.4, 0.5) is 0 Å². The molecule has 5 nitrogen and oxygen atoms in total. The van der Waals surface area contributed by atoms with E-state index in [1.807, 2.05) is 19.9 Å². The van der Waals surface area contributed by atoms with Gasteiger partial charge in [-0.2, -0.15) is 0 Å². The molecule has 0 saturated heterocycles. The van der Waals surface area contributed by atoms with E-state index in [2.05, 4.69) is 15.3 Å². The molecule has 0 fully saturated rings. The lowest BCUT2D eigenvalue weighted by Crippen LogP contribution is -2.49. The van der Waals surface area contributed by atoms with E-state index in [1.165, 1.54) is 0 Å². The maximum Gasteiger partial charge on any atom is 0.323 e. The molecule has 0 amide bonds. The first-order valence-corrected chi connectivity index (χ1v) is 7.37. The van der Waals surface area contributed by atoms with Gasteiger partial charge in [0, 0.05) is 17.6 Å². The molecule has 0 saturated carbocycles. The number of carboxylic acids is 1. The molecule has 2 N–H and O–H groups in total. The molecule has 19 heavy (non-hydrogen) atoms. The van der Waals surface area contributed by atoms with Crippen LogP contribution in [0.5, 0.6) is 0 Å². The average molecular weight is 283 g/mol. The lowest BCUT2D eigenvalue weighted by molar-refractivity contribution is -0.145. The molecule has 1 aromatic rings. The quantitative estimate of drug-likeness (QED) is 0.432. The number of carbonyl (C=O) groups is 1. The average Bonchev–Trinajstić information content (AvgIpc) is 2.39. The van der Waals surface area contributed by atoms with Crippen LogP contribution >= 0.6 is 11.8 Å². The predicted octanol–water partition coefficient (Wildman–Crippen LogP) is 2.11. The van der Waals surface area contributed by atoms with Crippen LogP contribution in [0.2, 0.25) is 0 Å². The van der Waals surface area contributed by atoms with Gasteiger partial charge in [0.1, 0.15) is 5.54 Å². The van der Waals surface area contributed by atoms with Crippen molar-refractivity contribution in [1.82, 2.24) is 15.3 Å². The third-order valence-electron chi connectivity index (χ3n) is 3.24. The maximum absolute atomic E-state index is 11.3. The van der Waals surface area contributed by atoms with Crippen molar-refractivity contribution in [3.05, 3.63) is 18.0 Å². The zero-order chi connectivity index (χ0) is 14.3. The van der Waals surface area contributed by atoms with Gasteiger partial charge in [0.05, 0.1) is 0 Å². The van der Waals surface area contributed by atoms with E-state index in [-0.39, 0.29) is 0 Å². The van der Waals surface area contributed by atoms with Gasteiger partial charge in [-0.25, -0.2) is 9.97 Å². The number of hydrogen-bond donors (Lipinski definition) is 2. The summed E-state index contributed by atoms with van der Waals surface area (Å²) in [7, 11) is 1.70. The van der Waals surface area contributed by atoms with E-state index >= 15 is 0 Å². The molecule has 0 bridgehead atoms. The van der Waals surface area contributed by atoms with Gasteiger partial charge in [-0.3, -0.25) is 4.79 Å². The van der Waals surface area contributed by atoms with Gasteiger partial charge in [-0.1, -0.05) is 18.7 Å². The maximum atomic E-state index is 11.3. The molecule has 0 spiro atoms. The highest BCUT2D eigenvalue weighted by Crippen LogP contribution is 2.21. The summed E-state index contributed by atoms with van der Waals surface area (Å²) >= 11 is 1.57. The highest BCUT2D eigenvalue weighted by Gasteiger charge is 2.33. The van der Waals surface area contributed by atoms with Crippen LogP contribution in [-0.2, 0) is 4.79 Å². The summed E-state index contributed by atoms with van der Waals surface area (Å²) in [5.74, 6) is 0.0366. The Labute approximate surface area is 118 Å². The lowest BCUT2D eigenvalue weighted by atomic mass is 9.91. The van der Waals surface area contributed by atoms with Crippen molar-refractivity contribution < 1.29 is 9.90 Å². The fourth-order valence-electron chi connectivity index (χ4n) is 1.88. The molecule has 0 radical (unpaired) electrons. The van der Waals surface area contributed by atoms with E-state index in [0.717, 1.165) is 23.0 Å². The SMILES string of the molecule is CCC(CCCSc1nccc(C)n1)(NC)C(=O)O. The summed E-state index contributed by atoms with van der Waals surface area (Å²) in [5.41, 5.74) is 0.134. The summed E-state index contributed by atoms with van der Waals surface area (Å²) in [5, 5.41) is 13.0. The van der Waals surface area contributed by atoms with Crippen LogP contribution in [0, 0.1) is 6.92 Å². The number of hydrogen-bond acceptors (Lipinski definition) is 5. The Hall–Kier alpha value is -1.14. The molecular formula is C13H21N3O2S. The molecule has 1 unspecified atom stereocenters. The van der Waals surface area contributed by atoms with Crippen LogP contribution < -0.4 is 5.32 Å². The smallest absolute Gasteiger partial charge is 0.323 e. The molecule has 0 aliphatic heterocycles. The first kappa shape index (κ1) is 15.9. The summed E-state index contributed by atoms with van der Waals surface area (Å²) < 4.78 is 0. The van der Waals surface area contributed by atoms with Gasteiger partial charge in [0.15, 0.2) is 5.16 Å². The summed E-state index contributed by atoms with van der Waals surface area (Å²) in [6.45, 7) is 3.82. The molecule has 6 heteroatoms. The third-order valence-corrected chi connectivity index (χ3v) is 4.19. The topological polar surface area (TPSA) is 75.1 Å². The predicted molar refractivity (Wildman–Crippen MR) is 76.4 cm³/mol. The summed E-state index contributed by atoms with van der Waals surface area (Å²) in [4.78, 5) is 19.8. The minimum absolute atomic E-state index is 0.574. The molecule has 0 aliphatic rings. The number of aliphatic carboxylic acids is 1. The van der Waals surface area contributed by atoms with Crippen molar-refractivity contribution in [3.8, 4) is 0 Å². The Morgan fingerprint density at radius 3 is 2.84 bits per heavy atom. The van der Waals surface area contributed by atoms with Crippen molar-refractivity contribution in [2.24, 2.45) is 0 Å². The van der Waals surface area contributed by atoms with Gasteiger partial charge < -0.3 is 10.4 Å². The second-order valence-corrected chi connectivity index (χ2v) is 5.49. The second kappa shape index (κ2) is 7.45. The molecule has 0 aromatic carbocycles. The van der Waals surface area contributed by atoms with Gasteiger partial charge in [0.2, 0.25) is 0 Å². The van der Waals surface area contributed by atoms with Crippen LogP contribution in [0.3, 0.4) is 0 Å². The largest absolute Gasteiger partial charge is 0.480 e. The molecule has 106 valence electrons. The van der Waals surface area contributed by atoms with E-state index in [0.29, 0.717) is 12.8 Å². The number of likely N-dealkylation sites (N-methyl/N-ethyl adjacent to an activating group) is 1. The summed E-state index contributed by atoms with van der Waals surface area (Å²) in [6.07, 6.45) is 3.73. The number of thioether (sulfide) groups is 1. The van der Waals surface area contributed by atoms with E-state index in [1.54, 1.807) is 25.0 Å². The number of aromatic nitrogens is 2. The molecule has 1 atom stereocenters. The van der Waals surface area contributed by atoms with Crippen LogP contribution in [0.25, 0.3) is 0 Å². The first-order chi connectivity index (χ1) is 9.04. The number of rotatable bonds is 8. The Morgan fingerprint density at radius 1 is 1.58 bits per heavy atom. The molecular weight excluding hydrogens is 262 g/mol. The first-order valence-electron chi connectivity index (χ1n) is 6.39. The molecule has 1 heterocycles. The van der Waals surface area contributed by atoms with Crippen molar-refractivity contribution >= 4 is 17.7 Å². The van der Waals surface area contributed by atoms with Crippen molar-refractivity contribution in [3.63, 3.8) is 0 Å². The third kappa shape index (κ3) is 4.47. The van der Waals surface area contributed by atoms with Crippen molar-refractivity contribution in [1.29, 1.82) is 0 Å². The number of nitrogens with one attached hydrogen (secondary N) is 1. The normalized spacial score (nSPS) is 14.1. The van der Waals surface area contributed by atoms with Gasteiger partial charge in [0.25, 0.3) is 0 Å². The van der Waals surface area contributed by atoms with Crippen LogP contribution in [-0.4, -0.2) is 39.4 Å². The van der Waals surface area contributed by atoms with Gasteiger partial charge in [-0.15, -0.1) is 0 Å². The molecule has 1 aromatic heterocycles. The van der Waals surface area contributed by atoms with Crippen LogP contribution in [0.1, 0.15) is 31.9 Å². The fraction of sp³-hybridized carbons (Fsp3) is 0.615. The second-order valence-electron chi connectivity index (χ2n) is 4.42.